The summed E-state index contributed by atoms with van der Waals surface area (Å²) in [5, 5.41) is 23.7. The van der Waals surface area contributed by atoms with E-state index in [1.54, 1.807) is 24.3 Å². The van der Waals surface area contributed by atoms with Crippen molar-refractivity contribution in [3.8, 4) is 11.5 Å². The Hall–Kier alpha value is -2.38. The lowest BCUT2D eigenvalue weighted by molar-refractivity contribution is -0.150. The number of hydrogen-bond donors (Lipinski definition) is 2. The third-order valence-electron chi connectivity index (χ3n) is 4.74. The third kappa shape index (κ3) is 4.09. The van der Waals surface area contributed by atoms with E-state index in [9.17, 15) is 19.8 Å². The van der Waals surface area contributed by atoms with Gasteiger partial charge in [0.05, 0.1) is 0 Å². The minimum atomic E-state index is -2.18. The molecular formula is C22H19Cl2O6. The summed E-state index contributed by atoms with van der Waals surface area (Å²) < 4.78 is 8.82. The highest BCUT2D eigenvalue weighted by Crippen LogP contribution is 2.55. The van der Waals surface area contributed by atoms with Gasteiger partial charge in [0.25, 0.3) is 0 Å². The number of para-hydroxylation sites is 2. The van der Waals surface area contributed by atoms with Crippen LogP contribution in [0.15, 0.2) is 54.6 Å². The van der Waals surface area contributed by atoms with Gasteiger partial charge in [-0.05, 0) is 24.3 Å². The van der Waals surface area contributed by atoms with Crippen LogP contribution in [0.1, 0.15) is 31.4 Å². The molecule has 157 valence electrons. The van der Waals surface area contributed by atoms with Gasteiger partial charge in [0.1, 0.15) is 27.0 Å². The van der Waals surface area contributed by atoms with Crippen LogP contribution < -0.4 is 9.47 Å². The average Bonchev–Trinajstić information content (AvgIpc) is 2.65. The van der Waals surface area contributed by atoms with E-state index in [1.165, 1.54) is 38.1 Å². The quantitative estimate of drug-likeness (QED) is 0.421. The molecule has 0 spiro atoms. The summed E-state index contributed by atoms with van der Waals surface area (Å²) in [6, 6.07) is 12.4. The Bertz CT molecular complexity index is 1020. The Labute approximate surface area is 183 Å². The van der Waals surface area contributed by atoms with E-state index in [1.807, 2.05) is 0 Å². The van der Waals surface area contributed by atoms with Gasteiger partial charge < -0.3 is 19.7 Å². The molecule has 2 atom stereocenters. The van der Waals surface area contributed by atoms with Crippen LogP contribution >= 0.6 is 23.2 Å². The van der Waals surface area contributed by atoms with Crippen molar-refractivity contribution in [2.24, 2.45) is 0 Å². The van der Waals surface area contributed by atoms with Crippen molar-refractivity contribution in [1.82, 2.24) is 0 Å². The van der Waals surface area contributed by atoms with E-state index in [-0.39, 0.29) is 22.6 Å². The molecule has 0 aliphatic heterocycles. The normalized spacial score (nSPS) is 24.9. The molecular weight excluding hydrogens is 431 g/mol. The summed E-state index contributed by atoms with van der Waals surface area (Å²) >= 11 is 12.5. The fourth-order valence-electron chi connectivity index (χ4n) is 3.52. The smallest absolute Gasteiger partial charge is 0.308 e. The lowest BCUT2D eigenvalue weighted by atomic mass is 9.67. The number of aliphatic hydroxyl groups is 2. The molecule has 1 radical (unpaired) electrons. The van der Waals surface area contributed by atoms with Crippen molar-refractivity contribution in [1.29, 1.82) is 0 Å². The van der Waals surface area contributed by atoms with E-state index in [0.717, 1.165) is 6.08 Å². The summed E-state index contributed by atoms with van der Waals surface area (Å²) in [4.78, 5) is 23.2. The number of esters is 2. The molecule has 0 aromatic heterocycles. The van der Waals surface area contributed by atoms with Gasteiger partial charge >= 0.3 is 11.9 Å². The molecule has 2 aromatic carbocycles. The number of ether oxygens (including phenoxy) is 2. The van der Waals surface area contributed by atoms with Crippen LogP contribution in [0.25, 0.3) is 0 Å². The first-order valence-electron chi connectivity index (χ1n) is 8.99. The molecule has 6 nitrogen and oxygen atoms in total. The van der Waals surface area contributed by atoms with Gasteiger partial charge in [-0.25, -0.2) is 0 Å². The first-order chi connectivity index (χ1) is 14.0. The number of carbonyl (C=O) groups excluding carboxylic acids is 2. The molecule has 0 saturated heterocycles. The summed E-state index contributed by atoms with van der Waals surface area (Å²) in [5.74, 6) is -1.17. The molecule has 0 amide bonds. The average molecular weight is 450 g/mol. The van der Waals surface area contributed by atoms with Gasteiger partial charge in [0.2, 0.25) is 0 Å². The minimum Gasteiger partial charge on any atom is -0.426 e. The Morgan fingerprint density at radius 3 is 1.90 bits per heavy atom. The van der Waals surface area contributed by atoms with Gasteiger partial charge in [-0.15, -0.1) is 0 Å². The van der Waals surface area contributed by atoms with Crippen LogP contribution in [0.2, 0.25) is 0 Å². The first-order valence-corrected chi connectivity index (χ1v) is 9.75. The van der Waals surface area contributed by atoms with Crippen LogP contribution in [0.4, 0.5) is 0 Å². The van der Waals surface area contributed by atoms with Crippen LogP contribution in [0.5, 0.6) is 11.5 Å². The van der Waals surface area contributed by atoms with Crippen LogP contribution in [-0.4, -0.2) is 26.5 Å². The lowest BCUT2D eigenvalue weighted by Crippen LogP contribution is -2.53. The van der Waals surface area contributed by atoms with E-state index < -0.39 is 33.9 Å². The van der Waals surface area contributed by atoms with Gasteiger partial charge in [0, 0.05) is 31.4 Å². The van der Waals surface area contributed by atoms with Gasteiger partial charge in [-0.1, -0.05) is 59.6 Å². The van der Waals surface area contributed by atoms with Crippen molar-refractivity contribution in [3.05, 3.63) is 71.8 Å². The maximum absolute atomic E-state index is 11.9. The standard InChI is InChI=1S/C22H19Cl2O6/c1-14(25)29-18-9-5-3-7-16(18)21(27)12-11-20(23,24)13-22(21,28)17-8-4-6-10-19(17)30-15(2)26/h3-10,12,27-28H,13H2,1-2H3. The predicted octanol–water partition coefficient (Wildman–Crippen LogP) is 3.55. The van der Waals surface area contributed by atoms with E-state index in [4.69, 9.17) is 32.7 Å². The molecule has 2 aromatic rings. The maximum Gasteiger partial charge on any atom is 0.308 e. The number of carbonyl (C=O) groups is 2. The number of halogens is 2. The van der Waals surface area contributed by atoms with E-state index >= 15 is 0 Å². The van der Waals surface area contributed by atoms with Crippen molar-refractivity contribution < 1.29 is 29.3 Å². The van der Waals surface area contributed by atoms with Crippen molar-refractivity contribution in [2.45, 2.75) is 35.8 Å². The largest absolute Gasteiger partial charge is 0.426 e. The predicted molar refractivity (Wildman–Crippen MR) is 110 cm³/mol. The Morgan fingerprint density at radius 1 is 0.900 bits per heavy atom. The Morgan fingerprint density at radius 2 is 1.37 bits per heavy atom. The fraction of sp³-hybridized carbons (Fsp3) is 0.273. The number of allylic oxidation sites excluding steroid dienone is 1. The van der Waals surface area contributed by atoms with Crippen LogP contribution in [0.3, 0.4) is 0 Å². The van der Waals surface area contributed by atoms with Gasteiger partial charge in [-0.3, -0.25) is 9.59 Å². The second-order valence-electron chi connectivity index (χ2n) is 6.98. The molecule has 0 saturated carbocycles. The summed E-state index contributed by atoms with van der Waals surface area (Å²) in [5.41, 5.74) is -4.20. The molecule has 0 bridgehead atoms. The third-order valence-corrected chi connectivity index (χ3v) is 5.22. The number of rotatable bonds is 4. The van der Waals surface area contributed by atoms with Crippen molar-refractivity contribution >= 4 is 35.1 Å². The first kappa shape index (κ1) is 22.3. The SMILES string of the molecule is CC(=O)Oc1ccccc1C1(O)C=[C]C(Cl)(Cl)CC1(O)c1ccccc1OC(C)=O. The van der Waals surface area contributed by atoms with Crippen LogP contribution in [0, 0.1) is 6.08 Å². The number of benzene rings is 2. The lowest BCUT2D eigenvalue weighted by Gasteiger charge is -2.47. The molecule has 3 rings (SSSR count). The molecule has 8 heteroatoms. The highest BCUT2D eigenvalue weighted by molar-refractivity contribution is 6.49. The van der Waals surface area contributed by atoms with Gasteiger partial charge in [-0.2, -0.15) is 0 Å². The molecule has 1 aliphatic carbocycles. The van der Waals surface area contributed by atoms with Crippen LogP contribution in [-0.2, 0) is 20.8 Å². The maximum atomic E-state index is 11.9. The zero-order valence-corrected chi connectivity index (χ0v) is 17.7. The molecule has 30 heavy (non-hydrogen) atoms. The van der Waals surface area contributed by atoms with Gasteiger partial charge in [0.15, 0.2) is 0 Å². The molecule has 0 heterocycles. The number of alkyl halides is 2. The second kappa shape index (κ2) is 8.04. The Balaban J connectivity index is 2.29. The Kier molecular flexibility index (Phi) is 5.98. The second-order valence-corrected chi connectivity index (χ2v) is 8.46. The summed E-state index contributed by atoms with van der Waals surface area (Å²) in [7, 11) is 0. The molecule has 0 fully saturated rings. The highest BCUT2D eigenvalue weighted by Gasteiger charge is 2.58. The highest BCUT2D eigenvalue weighted by atomic mass is 35.5. The zero-order chi connectivity index (χ0) is 22.2. The molecule has 1 aliphatic rings. The van der Waals surface area contributed by atoms with Crippen molar-refractivity contribution in [2.75, 3.05) is 0 Å². The molecule has 2 unspecified atom stereocenters. The monoisotopic (exact) mass is 449 g/mol. The molecule has 2 N–H and O–H groups in total. The van der Waals surface area contributed by atoms with Crippen molar-refractivity contribution in [3.63, 3.8) is 0 Å². The van der Waals surface area contributed by atoms with E-state index in [2.05, 4.69) is 6.08 Å². The fourth-order valence-corrected chi connectivity index (χ4v) is 4.01. The summed E-state index contributed by atoms with van der Waals surface area (Å²) in [6.07, 6.45) is 3.39. The summed E-state index contributed by atoms with van der Waals surface area (Å²) in [6.45, 7) is 2.43. The topological polar surface area (TPSA) is 93.1 Å². The zero-order valence-electron chi connectivity index (χ0n) is 16.2. The minimum absolute atomic E-state index is 0.0234. The number of hydrogen-bond acceptors (Lipinski definition) is 6. The van der Waals surface area contributed by atoms with E-state index in [0.29, 0.717) is 0 Å².